The molecular weight excluding hydrogens is 379 g/mol. The van der Waals surface area contributed by atoms with Crippen LogP contribution in [0.15, 0.2) is 46.3 Å². The highest BCUT2D eigenvalue weighted by Crippen LogP contribution is 2.29. The molecule has 8 heteroatoms. The molecule has 1 saturated heterocycles. The lowest BCUT2D eigenvalue weighted by Crippen LogP contribution is -2.41. The van der Waals surface area contributed by atoms with Gasteiger partial charge < -0.3 is 9.84 Å². The quantitative estimate of drug-likeness (QED) is 0.686. The van der Waals surface area contributed by atoms with E-state index in [9.17, 15) is 9.18 Å². The van der Waals surface area contributed by atoms with Crippen LogP contribution in [0.4, 0.5) is 4.39 Å². The van der Waals surface area contributed by atoms with Crippen LogP contribution in [0.25, 0.3) is 10.7 Å². The number of carbonyl (C=O) groups excluding carboxylic acids is 1. The van der Waals surface area contributed by atoms with Crippen molar-refractivity contribution in [2.45, 2.75) is 25.3 Å². The summed E-state index contributed by atoms with van der Waals surface area (Å²) in [7, 11) is 0. The van der Waals surface area contributed by atoms with E-state index < -0.39 is 0 Å². The van der Waals surface area contributed by atoms with Crippen LogP contribution in [0.5, 0.6) is 0 Å². The van der Waals surface area contributed by atoms with Crippen LogP contribution in [-0.2, 0) is 11.3 Å². The van der Waals surface area contributed by atoms with Gasteiger partial charge in [0.2, 0.25) is 17.6 Å². The van der Waals surface area contributed by atoms with Crippen molar-refractivity contribution >= 4 is 17.2 Å². The van der Waals surface area contributed by atoms with Gasteiger partial charge in [-0.25, -0.2) is 4.39 Å². The Morgan fingerprint density at radius 3 is 2.75 bits per heavy atom. The number of hydrogen-bond donors (Lipinski definition) is 1. The van der Waals surface area contributed by atoms with Crippen LogP contribution in [-0.4, -0.2) is 40.6 Å². The van der Waals surface area contributed by atoms with Crippen molar-refractivity contribution in [3.8, 4) is 10.7 Å². The monoisotopic (exact) mass is 400 g/mol. The number of aromatic nitrogens is 2. The molecule has 1 amide bonds. The normalized spacial score (nSPS) is 15.6. The van der Waals surface area contributed by atoms with Gasteiger partial charge in [0.1, 0.15) is 5.82 Å². The zero-order valence-electron chi connectivity index (χ0n) is 15.3. The molecule has 1 N–H and O–H groups in total. The second-order valence-corrected chi connectivity index (χ2v) is 7.83. The van der Waals surface area contributed by atoms with Crippen molar-refractivity contribution < 1.29 is 13.7 Å². The first-order valence-corrected chi connectivity index (χ1v) is 10.2. The van der Waals surface area contributed by atoms with Gasteiger partial charge in [-0.15, -0.1) is 11.3 Å². The summed E-state index contributed by atoms with van der Waals surface area (Å²) in [5.41, 5.74) is 0.881. The Labute approximate surface area is 166 Å². The molecule has 0 saturated carbocycles. The summed E-state index contributed by atoms with van der Waals surface area (Å²) in [5.74, 6) is 1.26. The summed E-state index contributed by atoms with van der Waals surface area (Å²) in [6, 6.07) is 10.1. The molecule has 1 aromatic carbocycles. The molecule has 0 radical (unpaired) electrons. The smallest absolute Gasteiger partial charge is 0.234 e. The molecule has 0 unspecified atom stereocenters. The van der Waals surface area contributed by atoms with E-state index in [1.807, 2.05) is 17.5 Å². The summed E-state index contributed by atoms with van der Waals surface area (Å²) in [6.07, 6.45) is 1.77. The molecule has 28 heavy (non-hydrogen) atoms. The van der Waals surface area contributed by atoms with Crippen LogP contribution in [0.1, 0.15) is 30.2 Å². The first-order valence-electron chi connectivity index (χ1n) is 9.28. The maximum atomic E-state index is 12.9. The van der Waals surface area contributed by atoms with E-state index in [4.69, 9.17) is 4.52 Å². The number of likely N-dealkylation sites (tertiary alicyclic amines) is 1. The average Bonchev–Trinajstić information content (AvgIpc) is 3.40. The molecule has 1 aliphatic rings. The topological polar surface area (TPSA) is 71.3 Å². The van der Waals surface area contributed by atoms with Gasteiger partial charge in [-0.1, -0.05) is 23.4 Å². The van der Waals surface area contributed by atoms with Gasteiger partial charge in [0.05, 0.1) is 11.4 Å². The highest BCUT2D eigenvalue weighted by molar-refractivity contribution is 7.13. The lowest BCUT2D eigenvalue weighted by Gasteiger charge is -2.29. The number of carbonyl (C=O) groups is 1. The fourth-order valence-corrected chi connectivity index (χ4v) is 3.96. The Hall–Kier alpha value is -2.58. The largest absolute Gasteiger partial charge is 0.351 e. The fraction of sp³-hybridized carbons (Fsp3) is 0.350. The molecule has 1 aliphatic heterocycles. The third kappa shape index (κ3) is 4.63. The van der Waals surface area contributed by atoms with Crippen molar-refractivity contribution in [1.82, 2.24) is 20.4 Å². The number of benzene rings is 1. The molecule has 0 aliphatic carbocycles. The van der Waals surface area contributed by atoms with Crippen molar-refractivity contribution in [2.24, 2.45) is 0 Å². The lowest BCUT2D eigenvalue weighted by molar-refractivity contribution is -0.122. The van der Waals surface area contributed by atoms with E-state index >= 15 is 0 Å². The van der Waals surface area contributed by atoms with Gasteiger partial charge in [-0.05, 0) is 55.1 Å². The molecule has 3 aromatic rings. The van der Waals surface area contributed by atoms with Crippen molar-refractivity contribution in [3.05, 3.63) is 59.0 Å². The Bertz CT molecular complexity index is 903. The first-order chi connectivity index (χ1) is 13.7. The summed E-state index contributed by atoms with van der Waals surface area (Å²) < 4.78 is 18.4. The van der Waals surface area contributed by atoms with Crippen LogP contribution in [0.3, 0.4) is 0 Å². The molecular formula is C20H21FN4O2S. The molecule has 1 fully saturated rings. The predicted octanol–water partition coefficient (Wildman–Crippen LogP) is 3.43. The Balaban J connectivity index is 1.23. The summed E-state index contributed by atoms with van der Waals surface area (Å²) in [6.45, 7) is 2.39. The number of hydrogen-bond acceptors (Lipinski definition) is 6. The lowest BCUT2D eigenvalue weighted by atomic mass is 9.97. The highest BCUT2D eigenvalue weighted by Gasteiger charge is 2.26. The SMILES string of the molecule is O=C(CN1CCC(c2nc(-c3cccs3)no2)CC1)NCc1ccc(F)cc1. The fourth-order valence-electron chi connectivity index (χ4n) is 3.31. The van der Waals surface area contributed by atoms with Gasteiger partial charge >= 0.3 is 0 Å². The average molecular weight is 400 g/mol. The number of piperidine rings is 1. The van der Waals surface area contributed by atoms with Gasteiger partial charge in [-0.3, -0.25) is 9.69 Å². The summed E-state index contributed by atoms with van der Waals surface area (Å²) in [5, 5.41) is 8.96. The second kappa shape index (κ2) is 8.62. The third-order valence-corrected chi connectivity index (χ3v) is 5.76. The Morgan fingerprint density at radius 1 is 1.25 bits per heavy atom. The van der Waals surface area contributed by atoms with Gasteiger partial charge in [0.15, 0.2) is 0 Å². The first kappa shape index (κ1) is 18.8. The second-order valence-electron chi connectivity index (χ2n) is 6.89. The number of nitrogens with one attached hydrogen (secondary N) is 1. The van der Waals surface area contributed by atoms with Crippen molar-refractivity contribution in [2.75, 3.05) is 19.6 Å². The summed E-state index contributed by atoms with van der Waals surface area (Å²) >= 11 is 1.59. The van der Waals surface area contributed by atoms with Crippen molar-refractivity contribution in [3.63, 3.8) is 0 Å². The standard InChI is InChI=1S/C20H21FN4O2S/c21-16-5-3-14(4-6-16)12-22-18(26)13-25-9-7-15(8-10-25)20-23-19(24-27-20)17-2-1-11-28-17/h1-6,11,15H,7-10,12-13H2,(H,22,26). The van der Waals surface area contributed by atoms with Crippen LogP contribution >= 0.6 is 11.3 Å². The van der Waals surface area contributed by atoms with Gasteiger partial charge in [0.25, 0.3) is 0 Å². The molecule has 2 aromatic heterocycles. The molecule has 3 heterocycles. The van der Waals surface area contributed by atoms with E-state index in [0.29, 0.717) is 24.8 Å². The Morgan fingerprint density at radius 2 is 2.04 bits per heavy atom. The maximum Gasteiger partial charge on any atom is 0.234 e. The number of nitrogens with zero attached hydrogens (tertiary/aromatic N) is 3. The molecule has 4 rings (SSSR count). The van der Waals surface area contributed by atoms with E-state index in [1.165, 1.54) is 12.1 Å². The zero-order chi connectivity index (χ0) is 19.3. The predicted molar refractivity (Wildman–Crippen MR) is 104 cm³/mol. The maximum absolute atomic E-state index is 12.9. The van der Waals surface area contributed by atoms with E-state index in [1.54, 1.807) is 23.5 Å². The van der Waals surface area contributed by atoms with E-state index in [0.717, 1.165) is 36.4 Å². The highest BCUT2D eigenvalue weighted by atomic mass is 32.1. The van der Waals surface area contributed by atoms with Crippen LogP contribution < -0.4 is 5.32 Å². The van der Waals surface area contributed by atoms with Crippen LogP contribution in [0, 0.1) is 5.82 Å². The number of thiophene rings is 1. The van der Waals surface area contributed by atoms with Crippen LogP contribution in [0.2, 0.25) is 0 Å². The third-order valence-electron chi connectivity index (χ3n) is 4.89. The minimum atomic E-state index is -0.276. The molecule has 0 spiro atoms. The van der Waals surface area contributed by atoms with E-state index in [2.05, 4.69) is 20.4 Å². The Kier molecular flexibility index (Phi) is 5.78. The molecule has 0 atom stereocenters. The van der Waals surface area contributed by atoms with Gasteiger partial charge in [-0.2, -0.15) is 4.98 Å². The number of amides is 1. The van der Waals surface area contributed by atoms with Crippen molar-refractivity contribution in [1.29, 1.82) is 0 Å². The summed E-state index contributed by atoms with van der Waals surface area (Å²) in [4.78, 5) is 19.8. The molecule has 6 nitrogen and oxygen atoms in total. The molecule has 146 valence electrons. The number of rotatable bonds is 6. The minimum absolute atomic E-state index is 0.0273. The minimum Gasteiger partial charge on any atom is -0.351 e. The van der Waals surface area contributed by atoms with Gasteiger partial charge in [0, 0.05) is 12.5 Å². The van der Waals surface area contributed by atoms with E-state index in [-0.39, 0.29) is 17.6 Å². The zero-order valence-corrected chi connectivity index (χ0v) is 16.1. The molecule has 0 bridgehead atoms. The number of halogens is 1.